The molecule has 3 aromatic rings. The molecule has 0 bridgehead atoms. The summed E-state index contributed by atoms with van der Waals surface area (Å²) in [6, 6.07) is 13.3. The second kappa shape index (κ2) is 7.79. The highest BCUT2D eigenvalue weighted by Gasteiger charge is 2.20. The third-order valence-corrected chi connectivity index (χ3v) is 5.12. The smallest absolute Gasteiger partial charge is 0.166 e. The van der Waals surface area contributed by atoms with Gasteiger partial charge >= 0.3 is 0 Å². The molecular formula is C18H11Cl4FN2. The molecule has 3 rings (SSSR count). The molecule has 0 aliphatic heterocycles. The van der Waals surface area contributed by atoms with Crippen LogP contribution in [0.5, 0.6) is 0 Å². The molecule has 128 valence electrons. The second-order valence-corrected chi connectivity index (χ2v) is 6.73. The second-order valence-electron chi connectivity index (χ2n) is 5.20. The number of alkyl halides is 1. The Kier molecular flexibility index (Phi) is 5.70. The fourth-order valence-corrected chi connectivity index (χ4v) is 3.23. The van der Waals surface area contributed by atoms with Gasteiger partial charge in [0.15, 0.2) is 5.15 Å². The van der Waals surface area contributed by atoms with Crippen LogP contribution in [0.3, 0.4) is 0 Å². The van der Waals surface area contributed by atoms with E-state index < -0.39 is 5.50 Å². The van der Waals surface area contributed by atoms with Crippen molar-refractivity contribution < 1.29 is 4.39 Å². The highest BCUT2D eigenvalue weighted by molar-refractivity contribution is 6.41. The van der Waals surface area contributed by atoms with Gasteiger partial charge in [-0.25, -0.2) is 9.37 Å². The lowest BCUT2D eigenvalue weighted by Crippen LogP contribution is -2.04. The van der Waals surface area contributed by atoms with Gasteiger partial charge < -0.3 is 0 Å². The zero-order valence-electron chi connectivity index (χ0n) is 12.6. The van der Waals surface area contributed by atoms with E-state index in [1.807, 2.05) is 24.3 Å². The molecular weight excluding hydrogens is 405 g/mol. The minimum atomic E-state index is -0.714. The highest BCUT2D eigenvalue weighted by Crippen LogP contribution is 2.37. The van der Waals surface area contributed by atoms with E-state index in [1.165, 1.54) is 23.0 Å². The van der Waals surface area contributed by atoms with E-state index >= 15 is 0 Å². The molecule has 0 aliphatic carbocycles. The molecule has 0 amide bonds. The highest BCUT2D eigenvalue weighted by atomic mass is 35.5. The number of imidazole rings is 1. The summed E-state index contributed by atoms with van der Waals surface area (Å²) >= 11 is 25.0. The lowest BCUT2D eigenvalue weighted by atomic mass is 10.0. The van der Waals surface area contributed by atoms with E-state index in [0.29, 0.717) is 10.6 Å². The van der Waals surface area contributed by atoms with Crippen molar-refractivity contribution in [2.45, 2.75) is 5.50 Å². The summed E-state index contributed by atoms with van der Waals surface area (Å²) in [5.74, 6) is -0.337. The van der Waals surface area contributed by atoms with Crippen molar-refractivity contribution in [2.75, 3.05) is 0 Å². The van der Waals surface area contributed by atoms with Crippen LogP contribution in [0, 0.1) is 5.82 Å². The number of benzene rings is 2. The Labute approximate surface area is 164 Å². The Morgan fingerprint density at radius 2 is 1.72 bits per heavy atom. The molecule has 0 spiro atoms. The predicted octanol–water partition coefficient (Wildman–Crippen LogP) is 6.96. The molecule has 2 nitrogen and oxygen atoms in total. The Hall–Kier alpha value is -1.52. The summed E-state index contributed by atoms with van der Waals surface area (Å²) in [5, 5.41) is 0.943. The van der Waals surface area contributed by atoms with Crippen molar-refractivity contribution in [3.63, 3.8) is 0 Å². The van der Waals surface area contributed by atoms with Gasteiger partial charge in [0.1, 0.15) is 16.5 Å². The first-order valence-electron chi connectivity index (χ1n) is 7.21. The summed E-state index contributed by atoms with van der Waals surface area (Å²) in [6.07, 6.45) is 3.28. The zero-order chi connectivity index (χ0) is 18.0. The Morgan fingerprint density at radius 3 is 2.32 bits per heavy atom. The van der Waals surface area contributed by atoms with E-state index in [9.17, 15) is 4.39 Å². The molecule has 2 aromatic carbocycles. The van der Waals surface area contributed by atoms with E-state index in [1.54, 1.807) is 18.2 Å². The van der Waals surface area contributed by atoms with Gasteiger partial charge in [-0.05, 0) is 41.0 Å². The molecule has 0 N–H and O–H groups in total. The summed E-state index contributed by atoms with van der Waals surface area (Å²) in [5.41, 5.74) is 1.46. The minimum Gasteiger partial charge on any atom is -0.299 e. The van der Waals surface area contributed by atoms with Gasteiger partial charge in [-0.2, -0.15) is 0 Å². The Morgan fingerprint density at radius 1 is 1.04 bits per heavy atom. The molecule has 7 heteroatoms. The Bertz CT molecular complexity index is 919. The van der Waals surface area contributed by atoms with Crippen LogP contribution < -0.4 is 0 Å². The largest absolute Gasteiger partial charge is 0.299 e. The first kappa shape index (κ1) is 18.3. The van der Waals surface area contributed by atoms with Crippen LogP contribution in [-0.2, 0) is 0 Å². The van der Waals surface area contributed by atoms with Gasteiger partial charge in [0.2, 0.25) is 0 Å². The molecule has 25 heavy (non-hydrogen) atoms. The average Bonchev–Trinajstić information content (AvgIpc) is 2.94. The maximum absolute atomic E-state index is 13.3. The van der Waals surface area contributed by atoms with Gasteiger partial charge in [-0.1, -0.05) is 76.7 Å². The minimum absolute atomic E-state index is 0.156. The number of aromatic nitrogens is 2. The maximum atomic E-state index is 13.3. The fourth-order valence-electron chi connectivity index (χ4n) is 2.32. The summed E-state index contributed by atoms with van der Waals surface area (Å²) in [4.78, 5) is 3.95. The van der Waals surface area contributed by atoms with E-state index in [-0.39, 0.29) is 16.1 Å². The topological polar surface area (TPSA) is 17.8 Å². The maximum Gasteiger partial charge on any atom is 0.166 e. The van der Waals surface area contributed by atoms with Crippen LogP contribution in [0.1, 0.15) is 16.6 Å². The fraction of sp³-hybridized carbons (Fsp3) is 0.0556. The first-order valence-corrected chi connectivity index (χ1v) is 8.78. The van der Waals surface area contributed by atoms with Crippen molar-refractivity contribution in [1.82, 2.24) is 9.55 Å². The number of nitrogens with zero attached hydrogens (tertiary/aromatic N) is 2. The quantitative estimate of drug-likeness (QED) is 0.332. The van der Waals surface area contributed by atoms with E-state index in [2.05, 4.69) is 4.98 Å². The number of allylic oxidation sites excluding steroid dienone is 1. The van der Waals surface area contributed by atoms with Crippen LogP contribution in [0.4, 0.5) is 4.39 Å². The predicted molar refractivity (Wildman–Crippen MR) is 103 cm³/mol. The molecule has 1 atom stereocenters. The van der Waals surface area contributed by atoms with Crippen molar-refractivity contribution in [2.24, 2.45) is 0 Å². The van der Waals surface area contributed by atoms with Crippen molar-refractivity contribution in [3.05, 3.63) is 87.1 Å². The van der Waals surface area contributed by atoms with Gasteiger partial charge in [0.05, 0.1) is 6.33 Å². The number of hydrogen-bond donors (Lipinski definition) is 0. The molecule has 0 saturated heterocycles. The van der Waals surface area contributed by atoms with Gasteiger partial charge in [0.25, 0.3) is 0 Å². The molecule has 0 aliphatic rings. The molecule has 1 unspecified atom stereocenters. The monoisotopic (exact) mass is 414 g/mol. The molecule has 0 fully saturated rings. The normalized spacial score (nSPS) is 13.1. The SMILES string of the molecule is Fc1ccc(/C(=C\c2ccccc2Cl)C(Cl)n2cnc(Cl)c2Cl)cc1. The van der Waals surface area contributed by atoms with Crippen molar-refractivity contribution in [3.8, 4) is 0 Å². The van der Waals surface area contributed by atoms with Crippen LogP contribution in [-0.4, -0.2) is 9.55 Å². The average molecular weight is 416 g/mol. The summed E-state index contributed by atoms with van der Waals surface area (Å²) in [6.45, 7) is 0. The number of halogens is 5. The lowest BCUT2D eigenvalue weighted by Gasteiger charge is -2.17. The van der Waals surface area contributed by atoms with Crippen LogP contribution in [0.2, 0.25) is 15.3 Å². The summed E-state index contributed by atoms with van der Waals surface area (Å²) in [7, 11) is 0. The van der Waals surface area contributed by atoms with E-state index in [4.69, 9.17) is 46.4 Å². The molecule has 0 saturated carbocycles. The number of hydrogen-bond acceptors (Lipinski definition) is 1. The number of rotatable bonds is 4. The third-order valence-electron chi connectivity index (χ3n) is 3.59. The van der Waals surface area contributed by atoms with Crippen LogP contribution in [0.15, 0.2) is 54.9 Å². The Balaban J connectivity index is 2.13. The van der Waals surface area contributed by atoms with Crippen molar-refractivity contribution in [1.29, 1.82) is 0 Å². The lowest BCUT2D eigenvalue weighted by molar-refractivity contribution is 0.627. The first-order chi connectivity index (χ1) is 12.0. The van der Waals surface area contributed by atoms with Gasteiger partial charge in [0, 0.05) is 5.02 Å². The van der Waals surface area contributed by atoms with Crippen LogP contribution >= 0.6 is 46.4 Å². The standard InChI is InChI=1S/C18H11Cl4FN2/c19-15-4-2-1-3-12(15)9-14(11-5-7-13(23)8-6-11)17(21)25-10-24-16(20)18(25)22/h1-10,17H/b14-9+. The van der Waals surface area contributed by atoms with Gasteiger partial charge in [-0.3, -0.25) is 4.57 Å². The molecule has 1 heterocycles. The van der Waals surface area contributed by atoms with Crippen molar-refractivity contribution >= 4 is 58.1 Å². The third kappa shape index (κ3) is 4.01. The van der Waals surface area contributed by atoms with Crippen LogP contribution in [0.25, 0.3) is 11.6 Å². The molecule has 0 radical (unpaired) electrons. The van der Waals surface area contributed by atoms with E-state index in [0.717, 1.165) is 11.1 Å². The molecule has 1 aromatic heterocycles. The van der Waals surface area contributed by atoms with Gasteiger partial charge in [-0.15, -0.1) is 0 Å². The summed E-state index contributed by atoms with van der Waals surface area (Å²) < 4.78 is 14.8. The zero-order valence-corrected chi connectivity index (χ0v) is 15.7.